The van der Waals surface area contributed by atoms with Gasteiger partial charge in [0.2, 0.25) is 0 Å². The summed E-state index contributed by atoms with van der Waals surface area (Å²) in [5.74, 6) is -0.0832. The molecule has 0 spiro atoms. The Morgan fingerprint density at radius 1 is 1.29 bits per heavy atom. The lowest BCUT2D eigenvalue weighted by Crippen LogP contribution is -2.24. The lowest BCUT2D eigenvalue weighted by molar-refractivity contribution is 0.0953. The number of H-pyrrole nitrogens is 1. The first-order chi connectivity index (χ1) is 10.1. The Morgan fingerprint density at radius 2 is 2.00 bits per heavy atom. The first kappa shape index (κ1) is 15.3. The first-order valence-corrected chi connectivity index (χ1v) is 7.10. The number of aliphatic hydroxyl groups excluding tert-OH is 1. The molecule has 0 bridgehead atoms. The normalized spacial score (nSPS) is 10.6. The Morgan fingerprint density at radius 3 is 2.57 bits per heavy atom. The van der Waals surface area contributed by atoms with Crippen molar-refractivity contribution in [3.8, 4) is 0 Å². The third-order valence-corrected chi connectivity index (χ3v) is 3.57. The van der Waals surface area contributed by atoms with Gasteiger partial charge < -0.3 is 10.4 Å². The van der Waals surface area contributed by atoms with Crippen molar-refractivity contribution in [2.24, 2.45) is 0 Å². The van der Waals surface area contributed by atoms with Crippen LogP contribution in [0.15, 0.2) is 24.3 Å². The molecule has 0 atom stereocenters. The van der Waals surface area contributed by atoms with E-state index in [1.807, 2.05) is 13.8 Å². The SMILES string of the molecule is Cc1n[nH]c(C)c1CCCNC(=O)c1ccc(CO)cc1. The van der Waals surface area contributed by atoms with Crippen molar-refractivity contribution in [2.75, 3.05) is 6.54 Å². The van der Waals surface area contributed by atoms with Crippen molar-refractivity contribution in [3.05, 3.63) is 52.3 Å². The molecule has 1 aromatic carbocycles. The van der Waals surface area contributed by atoms with Gasteiger partial charge in [-0.15, -0.1) is 0 Å². The number of aliphatic hydroxyl groups is 1. The number of hydrogen-bond donors (Lipinski definition) is 3. The number of benzene rings is 1. The largest absolute Gasteiger partial charge is 0.392 e. The summed E-state index contributed by atoms with van der Waals surface area (Å²) in [7, 11) is 0. The van der Waals surface area contributed by atoms with E-state index in [1.165, 1.54) is 5.56 Å². The van der Waals surface area contributed by atoms with Crippen LogP contribution in [0.25, 0.3) is 0 Å². The van der Waals surface area contributed by atoms with Gasteiger partial charge in [-0.1, -0.05) is 12.1 Å². The summed E-state index contributed by atoms with van der Waals surface area (Å²) in [6.07, 6.45) is 1.78. The molecule has 0 saturated heterocycles. The molecule has 0 saturated carbocycles. The summed E-state index contributed by atoms with van der Waals surface area (Å²) < 4.78 is 0. The van der Waals surface area contributed by atoms with E-state index in [-0.39, 0.29) is 12.5 Å². The van der Waals surface area contributed by atoms with Crippen molar-refractivity contribution in [1.29, 1.82) is 0 Å². The van der Waals surface area contributed by atoms with Gasteiger partial charge in [0.15, 0.2) is 0 Å². The van der Waals surface area contributed by atoms with E-state index >= 15 is 0 Å². The minimum Gasteiger partial charge on any atom is -0.392 e. The highest BCUT2D eigenvalue weighted by atomic mass is 16.3. The van der Waals surface area contributed by atoms with Crippen LogP contribution in [0.1, 0.15) is 39.3 Å². The third kappa shape index (κ3) is 3.92. The number of aryl methyl sites for hydroxylation is 2. The Kier molecular flexibility index (Phi) is 5.11. The van der Waals surface area contributed by atoms with Gasteiger partial charge in [0.1, 0.15) is 0 Å². The number of amides is 1. The van der Waals surface area contributed by atoms with Crippen molar-refractivity contribution < 1.29 is 9.90 Å². The molecule has 1 heterocycles. The lowest BCUT2D eigenvalue weighted by Gasteiger charge is -2.06. The van der Waals surface area contributed by atoms with E-state index in [2.05, 4.69) is 15.5 Å². The van der Waals surface area contributed by atoms with Crippen LogP contribution in [0.2, 0.25) is 0 Å². The first-order valence-electron chi connectivity index (χ1n) is 7.10. The van der Waals surface area contributed by atoms with E-state index in [4.69, 9.17) is 5.11 Å². The Balaban J connectivity index is 1.79. The highest BCUT2D eigenvalue weighted by Gasteiger charge is 2.07. The van der Waals surface area contributed by atoms with Gasteiger partial charge in [0, 0.05) is 17.8 Å². The van der Waals surface area contributed by atoms with Gasteiger partial charge in [0.05, 0.1) is 12.3 Å². The van der Waals surface area contributed by atoms with Crippen molar-refractivity contribution in [2.45, 2.75) is 33.3 Å². The van der Waals surface area contributed by atoms with Crippen molar-refractivity contribution >= 4 is 5.91 Å². The van der Waals surface area contributed by atoms with Crippen LogP contribution in [0, 0.1) is 13.8 Å². The molecule has 0 radical (unpaired) electrons. The average molecular weight is 287 g/mol. The molecule has 2 aromatic rings. The van der Waals surface area contributed by atoms with Crippen molar-refractivity contribution in [1.82, 2.24) is 15.5 Å². The highest BCUT2D eigenvalue weighted by molar-refractivity contribution is 5.94. The minimum atomic E-state index is -0.0832. The Labute approximate surface area is 124 Å². The minimum absolute atomic E-state index is 0.00863. The zero-order valence-corrected chi connectivity index (χ0v) is 12.4. The maximum absolute atomic E-state index is 11.9. The zero-order chi connectivity index (χ0) is 15.2. The van der Waals surface area contributed by atoms with E-state index in [0.717, 1.165) is 29.8 Å². The van der Waals surface area contributed by atoms with Crippen LogP contribution < -0.4 is 5.32 Å². The number of aromatic amines is 1. The molecule has 2 rings (SSSR count). The standard InChI is InChI=1S/C16H21N3O2/c1-11-15(12(2)19-18-11)4-3-9-17-16(21)14-7-5-13(10-20)6-8-14/h5-8,20H,3-4,9-10H2,1-2H3,(H,17,21)(H,18,19). The second-order valence-electron chi connectivity index (χ2n) is 5.13. The van der Waals surface area contributed by atoms with E-state index in [1.54, 1.807) is 24.3 Å². The number of rotatable bonds is 6. The molecule has 0 fully saturated rings. The lowest BCUT2D eigenvalue weighted by atomic mass is 10.1. The fourth-order valence-electron chi connectivity index (χ4n) is 2.27. The van der Waals surface area contributed by atoms with Crippen LogP contribution >= 0.6 is 0 Å². The van der Waals surface area contributed by atoms with Gasteiger partial charge >= 0.3 is 0 Å². The number of carbonyl (C=O) groups excluding carboxylic acids is 1. The summed E-state index contributed by atoms with van der Waals surface area (Å²) in [6, 6.07) is 6.97. The van der Waals surface area contributed by atoms with Crippen LogP contribution in [0.5, 0.6) is 0 Å². The predicted molar refractivity (Wildman–Crippen MR) is 81.1 cm³/mol. The third-order valence-electron chi connectivity index (χ3n) is 3.57. The topological polar surface area (TPSA) is 78.0 Å². The average Bonchev–Trinajstić information content (AvgIpc) is 2.82. The molecular weight excluding hydrogens is 266 g/mol. The number of nitrogens with one attached hydrogen (secondary N) is 2. The van der Waals surface area contributed by atoms with Gasteiger partial charge in [0.25, 0.3) is 5.91 Å². The molecule has 112 valence electrons. The second kappa shape index (κ2) is 7.04. The molecular formula is C16H21N3O2. The Bertz CT molecular complexity index is 583. The van der Waals surface area contributed by atoms with Gasteiger partial charge in [-0.2, -0.15) is 5.10 Å². The zero-order valence-electron chi connectivity index (χ0n) is 12.4. The summed E-state index contributed by atoms with van der Waals surface area (Å²) in [4.78, 5) is 11.9. The Hall–Kier alpha value is -2.14. The van der Waals surface area contributed by atoms with E-state index in [0.29, 0.717) is 12.1 Å². The summed E-state index contributed by atoms with van der Waals surface area (Å²) in [6.45, 7) is 4.62. The second-order valence-corrected chi connectivity index (χ2v) is 5.13. The van der Waals surface area contributed by atoms with Crippen LogP contribution in [0.4, 0.5) is 0 Å². The maximum Gasteiger partial charge on any atom is 0.251 e. The van der Waals surface area contributed by atoms with E-state index in [9.17, 15) is 4.79 Å². The van der Waals surface area contributed by atoms with Crippen LogP contribution in [-0.4, -0.2) is 27.8 Å². The van der Waals surface area contributed by atoms with Crippen LogP contribution in [0.3, 0.4) is 0 Å². The van der Waals surface area contributed by atoms with Crippen LogP contribution in [-0.2, 0) is 13.0 Å². The fraction of sp³-hybridized carbons (Fsp3) is 0.375. The molecule has 3 N–H and O–H groups in total. The van der Waals surface area contributed by atoms with E-state index < -0.39 is 0 Å². The highest BCUT2D eigenvalue weighted by Crippen LogP contribution is 2.11. The number of nitrogens with zero attached hydrogens (tertiary/aromatic N) is 1. The number of hydrogen-bond acceptors (Lipinski definition) is 3. The molecule has 0 aliphatic rings. The monoisotopic (exact) mass is 287 g/mol. The van der Waals surface area contributed by atoms with Gasteiger partial charge in [-0.05, 0) is 49.9 Å². The van der Waals surface area contributed by atoms with Crippen molar-refractivity contribution in [3.63, 3.8) is 0 Å². The summed E-state index contributed by atoms with van der Waals surface area (Å²) in [5, 5.41) is 19.0. The molecule has 5 heteroatoms. The summed E-state index contributed by atoms with van der Waals surface area (Å²) in [5.41, 5.74) is 4.77. The molecule has 21 heavy (non-hydrogen) atoms. The smallest absolute Gasteiger partial charge is 0.251 e. The molecule has 0 aliphatic carbocycles. The molecule has 0 unspecified atom stereocenters. The quantitative estimate of drug-likeness (QED) is 0.710. The van der Waals surface area contributed by atoms with Gasteiger partial charge in [-0.25, -0.2) is 0 Å². The number of carbonyl (C=O) groups is 1. The predicted octanol–water partition coefficient (Wildman–Crippen LogP) is 1.88. The molecule has 0 aliphatic heterocycles. The molecule has 1 amide bonds. The van der Waals surface area contributed by atoms with Gasteiger partial charge in [-0.3, -0.25) is 9.89 Å². The molecule has 5 nitrogen and oxygen atoms in total. The number of aromatic nitrogens is 2. The summed E-state index contributed by atoms with van der Waals surface area (Å²) >= 11 is 0. The molecule has 1 aromatic heterocycles. The fourth-order valence-corrected chi connectivity index (χ4v) is 2.27. The maximum atomic E-state index is 11.9.